The van der Waals surface area contributed by atoms with Crippen LogP contribution in [-0.2, 0) is 4.74 Å². The fraction of sp³-hybridized carbons (Fsp3) is 0.600. The highest BCUT2D eigenvalue weighted by Gasteiger charge is 2.49. The SMILES string of the molecule is COc1cc(C)c(C2OC2(C)C)cc1C(C)C. The van der Waals surface area contributed by atoms with Gasteiger partial charge in [0.2, 0.25) is 0 Å². The van der Waals surface area contributed by atoms with Crippen molar-refractivity contribution in [3.8, 4) is 5.75 Å². The molecule has 1 atom stereocenters. The summed E-state index contributed by atoms with van der Waals surface area (Å²) in [5.74, 6) is 1.45. The van der Waals surface area contributed by atoms with Crippen LogP contribution < -0.4 is 4.74 Å². The normalized spacial score (nSPS) is 21.7. The first kappa shape index (κ1) is 12.4. The number of hydrogen-bond donors (Lipinski definition) is 0. The molecule has 1 heterocycles. The summed E-state index contributed by atoms with van der Waals surface area (Å²) in [6.07, 6.45) is 0.242. The summed E-state index contributed by atoms with van der Waals surface area (Å²) in [4.78, 5) is 0. The van der Waals surface area contributed by atoms with Crippen LogP contribution in [0.5, 0.6) is 5.75 Å². The van der Waals surface area contributed by atoms with Gasteiger partial charge in [0.15, 0.2) is 0 Å². The summed E-state index contributed by atoms with van der Waals surface area (Å²) in [6, 6.07) is 4.38. The van der Waals surface area contributed by atoms with Crippen molar-refractivity contribution < 1.29 is 9.47 Å². The van der Waals surface area contributed by atoms with E-state index in [0.717, 1.165) is 5.75 Å². The Hall–Kier alpha value is -1.02. The molecule has 1 fully saturated rings. The minimum atomic E-state index is -0.00635. The lowest BCUT2D eigenvalue weighted by atomic mass is 9.92. The molecule has 1 saturated heterocycles. The Morgan fingerprint density at radius 2 is 1.88 bits per heavy atom. The molecule has 2 nitrogen and oxygen atoms in total. The van der Waals surface area contributed by atoms with Crippen molar-refractivity contribution in [2.45, 2.75) is 52.2 Å². The zero-order valence-electron chi connectivity index (χ0n) is 11.6. The highest BCUT2D eigenvalue weighted by molar-refractivity contribution is 5.46. The summed E-state index contributed by atoms with van der Waals surface area (Å²) in [5.41, 5.74) is 3.81. The highest BCUT2D eigenvalue weighted by atomic mass is 16.6. The van der Waals surface area contributed by atoms with Gasteiger partial charge in [-0.25, -0.2) is 0 Å². The van der Waals surface area contributed by atoms with Crippen LogP contribution in [0.25, 0.3) is 0 Å². The first-order valence-electron chi connectivity index (χ1n) is 6.23. The molecule has 2 rings (SSSR count). The summed E-state index contributed by atoms with van der Waals surface area (Å²) in [6.45, 7) is 10.8. The summed E-state index contributed by atoms with van der Waals surface area (Å²) in [5, 5.41) is 0. The number of rotatable bonds is 3. The van der Waals surface area contributed by atoms with Crippen LogP contribution in [0, 0.1) is 6.92 Å². The van der Waals surface area contributed by atoms with Gasteiger partial charge in [0, 0.05) is 0 Å². The molecular formula is C15H22O2. The molecule has 2 heteroatoms. The molecule has 1 aromatic carbocycles. The van der Waals surface area contributed by atoms with E-state index in [4.69, 9.17) is 9.47 Å². The number of epoxide rings is 1. The van der Waals surface area contributed by atoms with Gasteiger partial charge in [-0.2, -0.15) is 0 Å². The van der Waals surface area contributed by atoms with Crippen LogP contribution in [0.3, 0.4) is 0 Å². The van der Waals surface area contributed by atoms with Crippen LogP contribution in [0.15, 0.2) is 12.1 Å². The lowest BCUT2D eigenvalue weighted by Gasteiger charge is -2.15. The standard InChI is InChI=1S/C15H22O2/c1-9(2)11-8-12(14-15(4,5)17-14)10(3)7-13(11)16-6/h7-9,14H,1-6H3. The number of methoxy groups -OCH3 is 1. The topological polar surface area (TPSA) is 21.8 Å². The van der Waals surface area contributed by atoms with Crippen molar-refractivity contribution in [3.05, 3.63) is 28.8 Å². The smallest absolute Gasteiger partial charge is 0.122 e. The molecule has 1 aliphatic rings. The number of hydrogen-bond acceptors (Lipinski definition) is 2. The van der Waals surface area contributed by atoms with E-state index in [0.29, 0.717) is 5.92 Å². The molecule has 0 aliphatic carbocycles. The molecule has 0 spiro atoms. The van der Waals surface area contributed by atoms with E-state index in [1.165, 1.54) is 16.7 Å². The van der Waals surface area contributed by atoms with E-state index in [1.54, 1.807) is 7.11 Å². The molecule has 0 saturated carbocycles. The minimum Gasteiger partial charge on any atom is -0.496 e. The summed E-state index contributed by atoms with van der Waals surface area (Å²) in [7, 11) is 1.73. The average molecular weight is 234 g/mol. The molecular weight excluding hydrogens is 212 g/mol. The Labute approximate surface area is 104 Å². The second-order valence-corrected chi connectivity index (χ2v) is 5.71. The molecule has 17 heavy (non-hydrogen) atoms. The first-order valence-corrected chi connectivity index (χ1v) is 6.23. The molecule has 94 valence electrons. The van der Waals surface area contributed by atoms with Crippen molar-refractivity contribution in [2.24, 2.45) is 0 Å². The van der Waals surface area contributed by atoms with E-state index in [9.17, 15) is 0 Å². The van der Waals surface area contributed by atoms with Gasteiger partial charge in [-0.15, -0.1) is 0 Å². The van der Waals surface area contributed by atoms with Gasteiger partial charge < -0.3 is 9.47 Å². The zero-order chi connectivity index (χ0) is 12.8. The third-order valence-corrected chi connectivity index (χ3v) is 3.52. The highest BCUT2D eigenvalue weighted by Crippen LogP contribution is 2.50. The quantitative estimate of drug-likeness (QED) is 0.738. The zero-order valence-corrected chi connectivity index (χ0v) is 11.6. The maximum absolute atomic E-state index is 5.74. The monoisotopic (exact) mass is 234 g/mol. The summed E-state index contributed by atoms with van der Waals surface area (Å²) >= 11 is 0. The number of benzene rings is 1. The molecule has 1 unspecified atom stereocenters. The van der Waals surface area contributed by atoms with Gasteiger partial charge in [-0.05, 0) is 55.5 Å². The van der Waals surface area contributed by atoms with Crippen LogP contribution in [0.2, 0.25) is 0 Å². The first-order chi connectivity index (χ1) is 7.86. The molecule has 0 aromatic heterocycles. The van der Waals surface area contributed by atoms with E-state index in [-0.39, 0.29) is 11.7 Å². The third kappa shape index (κ3) is 2.19. The largest absolute Gasteiger partial charge is 0.496 e. The van der Waals surface area contributed by atoms with Crippen LogP contribution >= 0.6 is 0 Å². The van der Waals surface area contributed by atoms with E-state index in [1.807, 2.05) is 0 Å². The molecule has 0 amide bonds. The maximum Gasteiger partial charge on any atom is 0.122 e. The van der Waals surface area contributed by atoms with Gasteiger partial charge >= 0.3 is 0 Å². The van der Waals surface area contributed by atoms with Gasteiger partial charge in [0.05, 0.1) is 12.7 Å². The Morgan fingerprint density at radius 3 is 2.29 bits per heavy atom. The van der Waals surface area contributed by atoms with Gasteiger partial charge in [0.1, 0.15) is 11.9 Å². The van der Waals surface area contributed by atoms with Crippen molar-refractivity contribution in [1.29, 1.82) is 0 Å². The van der Waals surface area contributed by atoms with E-state index >= 15 is 0 Å². The van der Waals surface area contributed by atoms with Crippen LogP contribution in [0.1, 0.15) is 56.4 Å². The van der Waals surface area contributed by atoms with Crippen molar-refractivity contribution >= 4 is 0 Å². The maximum atomic E-state index is 5.74. The minimum absolute atomic E-state index is 0.00635. The van der Waals surface area contributed by atoms with Crippen LogP contribution in [-0.4, -0.2) is 12.7 Å². The Morgan fingerprint density at radius 1 is 1.29 bits per heavy atom. The fourth-order valence-electron chi connectivity index (χ4n) is 2.33. The second kappa shape index (κ2) is 4.02. The van der Waals surface area contributed by atoms with Crippen molar-refractivity contribution in [3.63, 3.8) is 0 Å². The molecule has 1 aliphatic heterocycles. The summed E-state index contributed by atoms with van der Waals surface area (Å²) < 4.78 is 11.2. The van der Waals surface area contributed by atoms with Gasteiger partial charge in [0.25, 0.3) is 0 Å². The van der Waals surface area contributed by atoms with Gasteiger partial charge in [-0.1, -0.05) is 13.8 Å². The third-order valence-electron chi connectivity index (χ3n) is 3.52. The Kier molecular flexibility index (Phi) is 2.94. The predicted molar refractivity (Wildman–Crippen MR) is 69.7 cm³/mol. The Bertz CT molecular complexity index is 433. The molecule has 0 N–H and O–H groups in total. The fourth-order valence-corrected chi connectivity index (χ4v) is 2.33. The van der Waals surface area contributed by atoms with Crippen LogP contribution in [0.4, 0.5) is 0 Å². The van der Waals surface area contributed by atoms with Gasteiger partial charge in [-0.3, -0.25) is 0 Å². The molecule has 0 radical (unpaired) electrons. The number of aryl methyl sites for hydroxylation is 1. The average Bonchev–Trinajstić information content (AvgIpc) is 2.86. The van der Waals surface area contributed by atoms with Crippen molar-refractivity contribution in [2.75, 3.05) is 7.11 Å². The van der Waals surface area contributed by atoms with Crippen molar-refractivity contribution in [1.82, 2.24) is 0 Å². The Balaban J connectivity index is 2.44. The molecule has 0 bridgehead atoms. The number of ether oxygens (including phenoxy) is 2. The lowest BCUT2D eigenvalue weighted by Crippen LogP contribution is -2.02. The second-order valence-electron chi connectivity index (χ2n) is 5.71. The lowest BCUT2D eigenvalue weighted by molar-refractivity contribution is 0.325. The molecule has 1 aromatic rings. The van der Waals surface area contributed by atoms with E-state index in [2.05, 4.69) is 46.8 Å². The van der Waals surface area contributed by atoms with E-state index < -0.39 is 0 Å². The predicted octanol–water partition coefficient (Wildman–Crippen LogP) is 3.98.